The maximum Gasteiger partial charge on any atom is 0.193 e. The van der Waals surface area contributed by atoms with Crippen molar-refractivity contribution in [3.05, 3.63) is 107 Å². The highest BCUT2D eigenvalue weighted by molar-refractivity contribution is 7.90. The zero-order valence-corrected chi connectivity index (χ0v) is 21.2. The van der Waals surface area contributed by atoms with Gasteiger partial charge in [0.2, 0.25) is 0 Å². The zero-order chi connectivity index (χ0) is 26.1. The van der Waals surface area contributed by atoms with Crippen LogP contribution >= 0.6 is 0 Å². The van der Waals surface area contributed by atoms with Crippen molar-refractivity contribution in [2.24, 2.45) is 5.73 Å². The van der Waals surface area contributed by atoms with Gasteiger partial charge in [-0.05, 0) is 36.1 Å². The topological polar surface area (TPSA) is 122 Å². The predicted molar refractivity (Wildman–Crippen MR) is 144 cm³/mol. The van der Waals surface area contributed by atoms with Gasteiger partial charge >= 0.3 is 0 Å². The molecule has 3 rings (SSSR count). The first-order chi connectivity index (χ1) is 17.2. The first-order valence-corrected chi connectivity index (χ1v) is 13.6. The Bertz CT molecular complexity index is 1340. The second-order valence-electron chi connectivity index (χ2n) is 8.48. The number of ketones is 1. The highest BCUT2D eigenvalue weighted by atomic mass is 32.2. The van der Waals surface area contributed by atoms with E-state index in [2.05, 4.69) is 5.32 Å². The standard InChI is InChI=1S/C28H31N3O4S/c1-35-24-17-20(10-9-15-36(2,33)34)16-23(18-24)31-27(22-13-7-4-8-14-22)28(32)25(19-29)26(30)21-11-5-3-6-12-21/h3-8,11-14,16-19,27,30-31H,9-10,15,29H2,1-2H3/b25-19+,30-26?. The molecule has 0 spiro atoms. The number of hydrogen-bond donors (Lipinski definition) is 3. The summed E-state index contributed by atoms with van der Waals surface area (Å²) in [6.45, 7) is 0. The summed E-state index contributed by atoms with van der Waals surface area (Å²) in [6.07, 6.45) is 3.41. The number of Topliss-reactive ketones (excluding diaryl/α,β-unsaturated/α-hetero) is 1. The van der Waals surface area contributed by atoms with Gasteiger partial charge in [0.25, 0.3) is 0 Å². The normalized spacial score (nSPS) is 12.6. The third-order valence-corrected chi connectivity index (χ3v) is 6.68. The third kappa shape index (κ3) is 7.29. The number of carbonyl (C=O) groups is 1. The molecule has 36 heavy (non-hydrogen) atoms. The molecule has 3 aromatic rings. The van der Waals surface area contributed by atoms with E-state index in [-0.39, 0.29) is 22.8 Å². The van der Waals surface area contributed by atoms with Gasteiger partial charge < -0.3 is 15.8 Å². The van der Waals surface area contributed by atoms with Gasteiger partial charge in [-0.25, -0.2) is 8.42 Å². The second kappa shape index (κ2) is 12.2. The summed E-state index contributed by atoms with van der Waals surface area (Å²) in [5.41, 5.74) is 8.81. The summed E-state index contributed by atoms with van der Waals surface area (Å²) >= 11 is 0. The molecule has 8 heteroatoms. The van der Waals surface area contributed by atoms with Gasteiger partial charge in [0.15, 0.2) is 5.78 Å². The summed E-state index contributed by atoms with van der Waals surface area (Å²) in [4.78, 5) is 13.8. The number of benzene rings is 3. The SMILES string of the molecule is COc1cc(CCCS(C)(=O)=O)cc(NC(C(=O)/C(=C/N)C(=N)c2ccccc2)c2ccccc2)c1. The van der Waals surface area contributed by atoms with Crippen LogP contribution in [0.1, 0.15) is 29.2 Å². The molecular formula is C28H31N3O4S. The van der Waals surface area contributed by atoms with Crippen LogP contribution in [0.2, 0.25) is 0 Å². The molecule has 0 bridgehead atoms. The average Bonchev–Trinajstić information content (AvgIpc) is 2.87. The molecule has 0 amide bonds. The minimum absolute atomic E-state index is 0.0398. The summed E-state index contributed by atoms with van der Waals surface area (Å²) in [5.74, 6) is 0.323. The lowest BCUT2D eigenvalue weighted by Gasteiger charge is -2.22. The maximum absolute atomic E-state index is 13.8. The highest BCUT2D eigenvalue weighted by Crippen LogP contribution is 2.28. The van der Waals surface area contributed by atoms with E-state index in [9.17, 15) is 13.2 Å². The minimum Gasteiger partial charge on any atom is -0.497 e. The van der Waals surface area contributed by atoms with Crippen LogP contribution in [-0.2, 0) is 21.1 Å². The van der Waals surface area contributed by atoms with Gasteiger partial charge in [-0.15, -0.1) is 0 Å². The summed E-state index contributed by atoms with van der Waals surface area (Å²) in [7, 11) is -1.51. The lowest BCUT2D eigenvalue weighted by atomic mass is 9.92. The van der Waals surface area contributed by atoms with Gasteiger partial charge in [0, 0.05) is 29.8 Å². The molecule has 7 nitrogen and oxygen atoms in total. The first kappa shape index (κ1) is 26.7. The Kier molecular flexibility index (Phi) is 9.02. The van der Waals surface area contributed by atoms with Crippen LogP contribution in [0.4, 0.5) is 5.69 Å². The second-order valence-corrected chi connectivity index (χ2v) is 10.7. The van der Waals surface area contributed by atoms with Crippen molar-refractivity contribution >= 4 is 27.0 Å². The van der Waals surface area contributed by atoms with Gasteiger partial charge in [-0.2, -0.15) is 0 Å². The number of nitrogens with two attached hydrogens (primary N) is 1. The van der Waals surface area contributed by atoms with E-state index >= 15 is 0 Å². The Morgan fingerprint density at radius 3 is 2.28 bits per heavy atom. The minimum atomic E-state index is -3.06. The van der Waals surface area contributed by atoms with Crippen LogP contribution < -0.4 is 15.8 Å². The number of methoxy groups -OCH3 is 1. The number of aryl methyl sites for hydroxylation is 1. The van der Waals surface area contributed by atoms with Crippen molar-refractivity contribution in [2.45, 2.75) is 18.9 Å². The van der Waals surface area contributed by atoms with E-state index in [1.165, 1.54) is 12.5 Å². The van der Waals surface area contributed by atoms with Crippen molar-refractivity contribution in [1.29, 1.82) is 5.41 Å². The third-order valence-electron chi connectivity index (χ3n) is 5.65. The Morgan fingerprint density at radius 1 is 1.06 bits per heavy atom. The quantitative estimate of drug-likeness (QED) is 0.249. The van der Waals surface area contributed by atoms with Crippen LogP contribution in [0.25, 0.3) is 0 Å². The Labute approximate surface area is 212 Å². The van der Waals surface area contributed by atoms with E-state index in [1.807, 2.05) is 48.5 Å². The van der Waals surface area contributed by atoms with Gasteiger partial charge in [-0.1, -0.05) is 60.7 Å². The predicted octanol–water partition coefficient (Wildman–Crippen LogP) is 4.31. The first-order valence-electron chi connectivity index (χ1n) is 11.5. The number of ether oxygens (including phenoxy) is 1. The smallest absolute Gasteiger partial charge is 0.193 e. The molecule has 0 radical (unpaired) electrons. The maximum atomic E-state index is 13.8. The molecule has 0 aliphatic rings. The molecule has 1 atom stereocenters. The van der Waals surface area contributed by atoms with E-state index in [0.29, 0.717) is 35.4 Å². The summed E-state index contributed by atoms with van der Waals surface area (Å²) in [6, 6.07) is 22.9. The summed E-state index contributed by atoms with van der Waals surface area (Å²) in [5, 5.41) is 11.9. The van der Waals surface area contributed by atoms with Crippen LogP contribution in [-0.4, -0.2) is 39.0 Å². The molecule has 0 heterocycles. The molecule has 4 N–H and O–H groups in total. The fraction of sp³-hybridized carbons (Fsp3) is 0.214. The molecule has 0 aliphatic heterocycles. The molecule has 3 aromatic carbocycles. The van der Waals surface area contributed by atoms with Gasteiger partial charge in [0.1, 0.15) is 21.6 Å². The monoisotopic (exact) mass is 505 g/mol. The largest absolute Gasteiger partial charge is 0.497 e. The zero-order valence-electron chi connectivity index (χ0n) is 20.4. The van der Waals surface area contributed by atoms with E-state index in [1.54, 1.807) is 37.4 Å². The molecule has 0 aliphatic carbocycles. The molecule has 1 unspecified atom stereocenters. The highest BCUT2D eigenvalue weighted by Gasteiger charge is 2.27. The molecule has 0 aromatic heterocycles. The van der Waals surface area contributed by atoms with Crippen molar-refractivity contribution in [1.82, 2.24) is 0 Å². The van der Waals surface area contributed by atoms with Crippen molar-refractivity contribution in [3.63, 3.8) is 0 Å². The Hall–Kier alpha value is -3.91. The number of carbonyl (C=O) groups excluding carboxylic acids is 1. The molecule has 188 valence electrons. The van der Waals surface area contributed by atoms with Crippen molar-refractivity contribution in [3.8, 4) is 5.75 Å². The fourth-order valence-corrected chi connectivity index (χ4v) is 4.53. The van der Waals surface area contributed by atoms with Crippen LogP contribution in [0.5, 0.6) is 5.75 Å². The van der Waals surface area contributed by atoms with Crippen molar-refractivity contribution < 1.29 is 17.9 Å². The van der Waals surface area contributed by atoms with E-state index < -0.39 is 15.9 Å². The van der Waals surface area contributed by atoms with Crippen LogP contribution in [0.3, 0.4) is 0 Å². The number of rotatable bonds is 12. The molecule has 0 saturated heterocycles. The average molecular weight is 506 g/mol. The molecule has 0 saturated carbocycles. The van der Waals surface area contributed by atoms with E-state index in [0.717, 1.165) is 5.56 Å². The lowest BCUT2D eigenvalue weighted by Crippen LogP contribution is -2.27. The Morgan fingerprint density at radius 2 is 1.69 bits per heavy atom. The number of sulfone groups is 1. The van der Waals surface area contributed by atoms with Gasteiger partial charge in [0.05, 0.1) is 24.1 Å². The van der Waals surface area contributed by atoms with Crippen molar-refractivity contribution in [2.75, 3.05) is 24.4 Å². The fourth-order valence-electron chi connectivity index (χ4n) is 3.86. The van der Waals surface area contributed by atoms with E-state index in [4.69, 9.17) is 15.9 Å². The van der Waals surface area contributed by atoms with Gasteiger partial charge in [-0.3, -0.25) is 10.2 Å². The van der Waals surface area contributed by atoms with Crippen LogP contribution in [0, 0.1) is 5.41 Å². The van der Waals surface area contributed by atoms with Crippen LogP contribution in [0.15, 0.2) is 90.6 Å². The number of anilines is 1. The lowest BCUT2D eigenvalue weighted by molar-refractivity contribution is -0.115. The molecular weight excluding hydrogens is 474 g/mol. The number of hydrogen-bond acceptors (Lipinski definition) is 7. The number of nitrogens with one attached hydrogen (secondary N) is 2. The Balaban J connectivity index is 1.94. The molecule has 0 fully saturated rings. The summed E-state index contributed by atoms with van der Waals surface area (Å²) < 4.78 is 28.5.